The molecule has 3 aliphatic rings. The first-order chi connectivity index (χ1) is 22.3. The van der Waals surface area contributed by atoms with Crippen molar-refractivity contribution in [3.63, 3.8) is 0 Å². The Morgan fingerprint density at radius 1 is 1.06 bits per heavy atom. The van der Waals surface area contributed by atoms with E-state index in [9.17, 15) is 9.59 Å². The molecule has 0 spiro atoms. The van der Waals surface area contributed by atoms with Crippen molar-refractivity contribution in [3.8, 4) is 16.9 Å². The molecule has 1 saturated carbocycles. The fourth-order valence-corrected chi connectivity index (χ4v) is 7.27. The molecule has 0 N–H and O–H groups in total. The van der Waals surface area contributed by atoms with E-state index in [0.29, 0.717) is 40.1 Å². The zero-order chi connectivity index (χ0) is 33.2. The van der Waals surface area contributed by atoms with Gasteiger partial charge in [-0.25, -0.2) is 14.2 Å². The van der Waals surface area contributed by atoms with Crippen LogP contribution in [-0.4, -0.2) is 65.9 Å². The maximum atomic E-state index is 14.4. The highest BCUT2D eigenvalue weighted by Gasteiger charge is 2.42. The topological polar surface area (TPSA) is 98.4 Å². The van der Waals surface area contributed by atoms with Gasteiger partial charge in [-0.2, -0.15) is 5.10 Å². The standard InChI is InChI=1S/C35H39Cl2N7O3/c1-34(2,3)47-33(46)41-16-14-21-7-6-8-25(30(21)41)28-20-43(40-39-28)24-13-15-35(4,5)42(19-24)32(45)26-18-38-44(31(26)22-9-10-22)29-12-11-23(36)17-27(29)37/h6-8,11-12,17-18,20,22,24H,9-10,13-16,19H2,1-5H3. The molecule has 0 radical (unpaired) electrons. The van der Waals surface area contributed by atoms with Crippen molar-refractivity contribution in [2.45, 2.75) is 89.8 Å². The van der Waals surface area contributed by atoms with Gasteiger partial charge in [0.15, 0.2) is 0 Å². The Balaban J connectivity index is 1.16. The summed E-state index contributed by atoms with van der Waals surface area (Å²) in [6.07, 6.45) is 7.62. The van der Waals surface area contributed by atoms with E-state index in [1.807, 2.05) is 60.8 Å². The number of fused-ring (bicyclic) bond motifs is 1. The van der Waals surface area contributed by atoms with Crippen molar-refractivity contribution in [3.05, 3.63) is 75.7 Å². The Morgan fingerprint density at radius 3 is 2.57 bits per heavy atom. The van der Waals surface area contributed by atoms with Crippen LogP contribution in [0, 0.1) is 0 Å². The van der Waals surface area contributed by atoms with Gasteiger partial charge in [-0.05, 0) is 90.5 Å². The van der Waals surface area contributed by atoms with Gasteiger partial charge in [-0.15, -0.1) is 5.10 Å². The third kappa shape index (κ3) is 6.02. The number of anilines is 1. The van der Waals surface area contributed by atoms with E-state index in [2.05, 4.69) is 29.3 Å². The first kappa shape index (κ1) is 31.7. The molecule has 2 aliphatic heterocycles. The van der Waals surface area contributed by atoms with E-state index < -0.39 is 5.60 Å². The minimum absolute atomic E-state index is 0.0489. The summed E-state index contributed by atoms with van der Waals surface area (Å²) in [6.45, 7) is 10.9. The molecule has 1 aliphatic carbocycles. The summed E-state index contributed by atoms with van der Waals surface area (Å²) in [7, 11) is 0. The van der Waals surface area contributed by atoms with Crippen LogP contribution in [0.15, 0.2) is 48.8 Å². The van der Waals surface area contributed by atoms with E-state index >= 15 is 0 Å². The molecule has 12 heteroatoms. The van der Waals surface area contributed by atoms with Gasteiger partial charge in [-0.3, -0.25) is 9.69 Å². The highest BCUT2D eigenvalue weighted by molar-refractivity contribution is 6.35. The third-order valence-corrected chi connectivity index (χ3v) is 9.90. The van der Waals surface area contributed by atoms with Crippen molar-refractivity contribution < 1.29 is 14.3 Å². The van der Waals surface area contributed by atoms with Gasteiger partial charge in [0, 0.05) is 35.1 Å². The molecule has 2 fully saturated rings. The number of ether oxygens (including phenoxy) is 1. The van der Waals surface area contributed by atoms with Crippen LogP contribution in [0.25, 0.3) is 16.9 Å². The number of likely N-dealkylation sites (tertiary alicyclic amines) is 1. The lowest BCUT2D eigenvalue weighted by atomic mass is 9.87. The predicted octanol–water partition coefficient (Wildman–Crippen LogP) is 7.87. The number of amides is 2. The summed E-state index contributed by atoms with van der Waals surface area (Å²) in [5, 5.41) is 14.8. The quantitative estimate of drug-likeness (QED) is 0.214. The van der Waals surface area contributed by atoms with Crippen LogP contribution in [0.1, 0.15) is 93.9 Å². The molecule has 246 valence electrons. The second kappa shape index (κ2) is 11.7. The molecule has 4 aromatic rings. The number of hydrogen-bond acceptors (Lipinski definition) is 6. The monoisotopic (exact) mass is 675 g/mol. The molecule has 2 aromatic carbocycles. The number of carbonyl (C=O) groups excluding carboxylic acids is 2. The number of halogens is 2. The molecule has 10 nitrogen and oxygen atoms in total. The molecule has 2 aromatic heterocycles. The maximum absolute atomic E-state index is 14.4. The fourth-order valence-electron chi connectivity index (χ4n) is 6.78. The summed E-state index contributed by atoms with van der Waals surface area (Å²) in [4.78, 5) is 31.2. The second-order valence-corrected chi connectivity index (χ2v) is 15.3. The van der Waals surface area contributed by atoms with Crippen LogP contribution in [0.4, 0.5) is 10.5 Å². The first-order valence-electron chi connectivity index (χ1n) is 16.2. The second-order valence-electron chi connectivity index (χ2n) is 14.4. The molecule has 0 bridgehead atoms. The smallest absolute Gasteiger partial charge is 0.414 e. The number of hydrogen-bond donors (Lipinski definition) is 0. The van der Waals surface area contributed by atoms with Gasteiger partial charge < -0.3 is 9.64 Å². The highest BCUT2D eigenvalue weighted by atomic mass is 35.5. The number of carbonyl (C=O) groups is 2. The van der Waals surface area contributed by atoms with Crippen molar-refractivity contribution in [2.24, 2.45) is 0 Å². The van der Waals surface area contributed by atoms with Gasteiger partial charge in [0.25, 0.3) is 5.91 Å². The van der Waals surface area contributed by atoms with Gasteiger partial charge in [0.1, 0.15) is 11.3 Å². The van der Waals surface area contributed by atoms with Crippen molar-refractivity contribution >= 4 is 40.9 Å². The van der Waals surface area contributed by atoms with Crippen LogP contribution >= 0.6 is 23.2 Å². The molecule has 1 saturated heterocycles. The lowest BCUT2D eigenvalue weighted by molar-refractivity contribution is 0.0307. The molecule has 2 amide bonds. The summed E-state index contributed by atoms with van der Waals surface area (Å²) in [5.41, 5.74) is 4.65. The van der Waals surface area contributed by atoms with Crippen LogP contribution in [0.5, 0.6) is 0 Å². The van der Waals surface area contributed by atoms with Gasteiger partial charge in [0.2, 0.25) is 0 Å². The van der Waals surface area contributed by atoms with Gasteiger partial charge >= 0.3 is 6.09 Å². The normalized spacial score (nSPS) is 19.2. The highest BCUT2D eigenvalue weighted by Crippen LogP contribution is 2.45. The summed E-state index contributed by atoms with van der Waals surface area (Å²) < 4.78 is 9.39. The van der Waals surface area contributed by atoms with Crippen molar-refractivity contribution in [1.29, 1.82) is 0 Å². The van der Waals surface area contributed by atoms with Crippen LogP contribution in [0.2, 0.25) is 10.0 Å². The zero-order valence-corrected chi connectivity index (χ0v) is 28.8. The molecule has 7 rings (SSSR count). The SMILES string of the molecule is CC(C)(C)OC(=O)N1CCc2cccc(-c3cn(C4CCC(C)(C)N(C(=O)c5cnn(-c6ccc(Cl)cc6Cl)c5C5CC5)C4)nn3)c21. The van der Waals surface area contributed by atoms with Crippen molar-refractivity contribution in [2.75, 3.05) is 18.0 Å². The van der Waals surface area contributed by atoms with Gasteiger partial charge in [-0.1, -0.05) is 46.6 Å². The van der Waals surface area contributed by atoms with Crippen LogP contribution in [-0.2, 0) is 11.2 Å². The Kier molecular flexibility index (Phi) is 7.87. The third-order valence-electron chi connectivity index (χ3n) is 9.37. The lowest BCUT2D eigenvalue weighted by Crippen LogP contribution is -2.53. The van der Waals surface area contributed by atoms with E-state index in [1.54, 1.807) is 27.9 Å². The van der Waals surface area contributed by atoms with E-state index in [4.69, 9.17) is 27.9 Å². The molecule has 1 atom stereocenters. The van der Waals surface area contributed by atoms with E-state index in [1.165, 1.54) is 0 Å². The molecule has 47 heavy (non-hydrogen) atoms. The minimum atomic E-state index is -0.600. The largest absolute Gasteiger partial charge is 0.443 e. The Hall–Kier alpha value is -3.89. The fraction of sp³-hybridized carbons (Fsp3) is 0.457. The average molecular weight is 677 g/mol. The number of benzene rings is 2. The Bertz CT molecular complexity index is 1870. The number of nitrogens with zero attached hydrogens (tertiary/aromatic N) is 7. The zero-order valence-electron chi connectivity index (χ0n) is 27.3. The van der Waals surface area contributed by atoms with Crippen LogP contribution in [0.3, 0.4) is 0 Å². The number of para-hydroxylation sites is 1. The average Bonchev–Trinajstić information content (AvgIpc) is 3.37. The molecular weight excluding hydrogens is 637 g/mol. The summed E-state index contributed by atoms with van der Waals surface area (Å²) in [6, 6.07) is 11.3. The Morgan fingerprint density at radius 2 is 1.85 bits per heavy atom. The molecule has 4 heterocycles. The summed E-state index contributed by atoms with van der Waals surface area (Å²) in [5.74, 6) is 0.199. The van der Waals surface area contributed by atoms with E-state index in [0.717, 1.165) is 54.6 Å². The molecular formula is C35H39Cl2N7O3. The predicted molar refractivity (Wildman–Crippen MR) is 182 cm³/mol. The number of aromatic nitrogens is 5. The van der Waals surface area contributed by atoms with Gasteiger partial charge in [0.05, 0.1) is 46.1 Å². The first-order valence-corrected chi connectivity index (χ1v) is 17.0. The van der Waals surface area contributed by atoms with Crippen LogP contribution < -0.4 is 4.90 Å². The van der Waals surface area contributed by atoms with Crippen molar-refractivity contribution in [1.82, 2.24) is 29.7 Å². The number of rotatable bonds is 5. The number of piperidine rings is 1. The minimum Gasteiger partial charge on any atom is -0.443 e. The lowest BCUT2D eigenvalue weighted by Gasteiger charge is -2.45. The summed E-state index contributed by atoms with van der Waals surface area (Å²) >= 11 is 12.7. The Labute approximate surface area is 284 Å². The molecule has 1 unspecified atom stereocenters. The van der Waals surface area contributed by atoms with E-state index in [-0.39, 0.29) is 29.5 Å². The maximum Gasteiger partial charge on any atom is 0.414 e.